The maximum atomic E-state index is 13.3. The standard InChI is InChI=1S/C24H29N5O2/c1-16(2)14-25-23(30)21-12-19-15-28(10-11-29(19)26-21)24(31)20-13-22(27(4)17(20)3)18-8-6-5-7-9-18/h5-9,12-13,16H,10-11,14-15H2,1-4H3,(H,25,30). The third-order valence-electron chi connectivity index (χ3n) is 5.82. The SMILES string of the molecule is Cc1c(C(=O)N2CCn3nc(C(=O)NCC(C)C)cc3C2)cc(-c2ccccc2)n1C. The van der Waals surface area contributed by atoms with Gasteiger partial charge in [-0.15, -0.1) is 0 Å². The fraction of sp³-hybridized carbons (Fsp3) is 0.375. The van der Waals surface area contributed by atoms with E-state index in [0.29, 0.717) is 43.4 Å². The zero-order chi connectivity index (χ0) is 22.1. The first-order chi connectivity index (χ1) is 14.8. The first-order valence-electron chi connectivity index (χ1n) is 10.7. The zero-order valence-corrected chi connectivity index (χ0v) is 18.6. The minimum atomic E-state index is -0.167. The molecule has 4 rings (SSSR count). The molecule has 3 aromatic rings. The summed E-state index contributed by atoms with van der Waals surface area (Å²) in [5.74, 6) is 0.220. The van der Waals surface area contributed by atoms with Gasteiger partial charge in [-0.3, -0.25) is 14.3 Å². The second-order valence-corrected chi connectivity index (χ2v) is 8.53. The first-order valence-corrected chi connectivity index (χ1v) is 10.7. The van der Waals surface area contributed by atoms with Gasteiger partial charge in [0.15, 0.2) is 5.69 Å². The molecule has 31 heavy (non-hydrogen) atoms. The van der Waals surface area contributed by atoms with Crippen molar-refractivity contribution < 1.29 is 9.59 Å². The summed E-state index contributed by atoms with van der Waals surface area (Å²) < 4.78 is 3.90. The molecule has 7 nitrogen and oxygen atoms in total. The highest BCUT2D eigenvalue weighted by atomic mass is 16.2. The Labute approximate surface area is 182 Å². The van der Waals surface area contributed by atoms with Gasteiger partial charge in [-0.2, -0.15) is 5.10 Å². The fourth-order valence-electron chi connectivity index (χ4n) is 3.91. The van der Waals surface area contributed by atoms with Gasteiger partial charge in [0.05, 0.1) is 24.3 Å². The van der Waals surface area contributed by atoms with E-state index in [1.165, 1.54) is 0 Å². The Kier molecular flexibility index (Phi) is 5.67. The van der Waals surface area contributed by atoms with Crippen molar-refractivity contribution in [3.05, 3.63) is 65.1 Å². The van der Waals surface area contributed by atoms with Crippen LogP contribution < -0.4 is 5.32 Å². The molecule has 1 aliphatic rings. The molecule has 1 N–H and O–H groups in total. The Morgan fingerprint density at radius 3 is 2.58 bits per heavy atom. The van der Waals surface area contributed by atoms with Crippen LogP contribution in [0.3, 0.4) is 0 Å². The molecule has 0 saturated heterocycles. The smallest absolute Gasteiger partial charge is 0.271 e. The van der Waals surface area contributed by atoms with Crippen LogP contribution in [0, 0.1) is 12.8 Å². The molecule has 0 unspecified atom stereocenters. The maximum Gasteiger partial charge on any atom is 0.271 e. The normalized spacial score (nSPS) is 13.4. The van der Waals surface area contributed by atoms with Gasteiger partial charge in [0, 0.05) is 31.5 Å². The third-order valence-corrected chi connectivity index (χ3v) is 5.82. The maximum absolute atomic E-state index is 13.3. The summed E-state index contributed by atoms with van der Waals surface area (Å²) in [6.45, 7) is 8.28. The summed E-state index contributed by atoms with van der Waals surface area (Å²) in [5.41, 5.74) is 5.05. The Morgan fingerprint density at radius 1 is 1.13 bits per heavy atom. The van der Waals surface area contributed by atoms with E-state index in [4.69, 9.17) is 0 Å². The molecule has 1 aromatic carbocycles. The van der Waals surface area contributed by atoms with Crippen molar-refractivity contribution >= 4 is 11.8 Å². The average Bonchev–Trinajstić information content (AvgIpc) is 3.33. The van der Waals surface area contributed by atoms with Crippen LogP contribution in [0.2, 0.25) is 0 Å². The quantitative estimate of drug-likeness (QED) is 0.690. The molecule has 0 atom stereocenters. The number of hydrogen-bond donors (Lipinski definition) is 1. The molecule has 0 radical (unpaired) electrons. The van der Waals surface area contributed by atoms with Crippen LogP contribution in [-0.2, 0) is 20.1 Å². The lowest BCUT2D eigenvalue weighted by molar-refractivity contribution is 0.0704. The van der Waals surface area contributed by atoms with Gasteiger partial charge >= 0.3 is 0 Å². The molecule has 1 aliphatic heterocycles. The molecule has 7 heteroatoms. The van der Waals surface area contributed by atoms with E-state index >= 15 is 0 Å². The van der Waals surface area contributed by atoms with E-state index in [-0.39, 0.29) is 11.8 Å². The molecule has 2 amide bonds. The van der Waals surface area contributed by atoms with Crippen molar-refractivity contribution in [3.8, 4) is 11.3 Å². The van der Waals surface area contributed by atoms with Gasteiger partial charge in [-0.1, -0.05) is 44.2 Å². The number of benzene rings is 1. The van der Waals surface area contributed by atoms with Crippen molar-refractivity contribution in [1.29, 1.82) is 0 Å². The van der Waals surface area contributed by atoms with Gasteiger partial charge in [-0.25, -0.2) is 0 Å². The molecule has 0 saturated carbocycles. The highest BCUT2D eigenvalue weighted by Gasteiger charge is 2.27. The molecule has 162 valence electrons. The largest absolute Gasteiger partial charge is 0.350 e. The average molecular weight is 420 g/mol. The molecule has 0 bridgehead atoms. The number of aromatic nitrogens is 3. The number of nitrogens with zero attached hydrogens (tertiary/aromatic N) is 4. The van der Waals surface area contributed by atoms with Gasteiger partial charge in [0.2, 0.25) is 0 Å². The number of carbonyl (C=O) groups is 2. The molecule has 0 aliphatic carbocycles. The monoisotopic (exact) mass is 419 g/mol. The number of nitrogens with one attached hydrogen (secondary N) is 1. The van der Waals surface area contributed by atoms with Crippen molar-refractivity contribution in [1.82, 2.24) is 24.6 Å². The Hall–Kier alpha value is -3.35. The molecule has 0 fully saturated rings. The summed E-state index contributed by atoms with van der Waals surface area (Å²) in [6.07, 6.45) is 0. The highest BCUT2D eigenvalue weighted by Crippen LogP contribution is 2.26. The number of rotatable bonds is 5. The van der Waals surface area contributed by atoms with Crippen LogP contribution >= 0.6 is 0 Å². The molecular formula is C24H29N5O2. The van der Waals surface area contributed by atoms with Crippen LogP contribution in [-0.4, -0.2) is 44.2 Å². The van der Waals surface area contributed by atoms with Crippen molar-refractivity contribution in [2.45, 2.75) is 33.9 Å². The summed E-state index contributed by atoms with van der Waals surface area (Å²) in [7, 11) is 1.99. The molecule has 0 spiro atoms. The topological polar surface area (TPSA) is 72.2 Å². The van der Waals surface area contributed by atoms with E-state index in [2.05, 4.69) is 28.8 Å². The number of hydrogen-bond acceptors (Lipinski definition) is 3. The fourth-order valence-corrected chi connectivity index (χ4v) is 3.91. The number of fused-ring (bicyclic) bond motifs is 1. The van der Waals surface area contributed by atoms with Crippen molar-refractivity contribution in [3.63, 3.8) is 0 Å². The van der Waals surface area contributed by atoms with Crippen LogP contribution in [0.25, 0.3) is 11.3 Å². The Bertz CT molecular complexity index is 1110. The van der Waals surface area contributed by atoms with Gasteiger partial charge in [0.1, 0.15) is 0 Å². The summed E-state index contributed by atoms with van der Waals surface area (Å²) in [4.78, 5) is 27.5. The molecular weight excluding hydrogens is 390 g/mol. The second kappa shape index (κ2) is 8.41. The lowest BCUT2D eigenvalue weighted by atomic mass is 10.1. The van der Waals surface area contributed by atoms with E-state index in [9.17, 15) is 9.59 Å². The number of carbonyl (C=O) groups excluding carboxylic acids is 2. The van der Waals surface area contributed by atoms with Crippen molar-refractivity contribution in [2.75, 3.05) is 13.1 Å². The van der Waals surface area contributed by atoms with E-state index in [0.717, 1.165) is 22.6 Å². The Balaban J connectivity index is 1.53. The lowest BCUT2D eigenvalue weighted by Crippen LogP contribution is -2.38. The summed E-state index contributed by atoms with van der Waals surface area (Å²) in [5, 5.41) is 7.33. The number of amides is 2. The first kappa shape index (κ1) is 20.9. The van der Waals surface area contributed by atoms with Gasteiger partial charge in [0.25, 0.3) is 11.8 Å². The summed E-state index contributed by atoms with van der Waals surface area (Å²) >= 11 is 0. The minimum Gasteiger partial charge on any atom is -0.350 e. The van der Waals surface area contributed by atoms with Gasteiger partial charge < -0.3 is 14.8 Å². The zero-order valence-electron chi connectivity index (χ0n) is 18.6. The molecule has 2 aromatic heterocycles. The van der Waals surface area contributed by atoms with Gasteiger partial charge in [-0.05, 0) is 30.5 Å². The van der Waals surface area contributed by atoms with Crippen LogP contribution in [0.1, 0.15) is 46.1 Å². The predicted octanol–water partition coefficient (Wildman–Crippen LogP) is 3.24. The van der Waals surface area contributed by atoms with Crippen LogP contribution in [0.4, 0.5) is 0 Å². The van der Waals surface area contributed by atoms with E-state index in [1.807, 2.05) is 60.0 Å². The molecule has 3 heterocycles. The van der Waals surface area contributed by atoms with E-state index < -0.39 is 0 Å². The van der Waals surface area contributed by atoms with Crippen molar-refractivity contribution in [2.24, 2.45) is 13.0 Å². The van der Waals surface area contributed by atoms with Crippen LogP contribution in [0.15, 0.2) is 42.5 Å². The lowest BCUT2D eigenvalue weighted by Gasteiger charge is -2.27. The minimum absolute atomic E-state index is 0.00791. The third kappa shape index (κ3) is 4.13. The second-order valence-electron chi connectivity index (χ2n) is 8.53. The predicted molar refractivity (Wildman–Crippen MR) is 120 cm³/mol. The van der Waals surface area contributed by atoms with Crippen LogP contribution in [0.5, 0.6) is 0 Å². The van der Waals surface area contributed by atoms with E-state index in [1.54, 1.807) is 6.07 Å². The highest BCUT2D eigenvalue weighted by molar-refractivity contribution is 5.97. The Morgan fingerprint density at radius 2 is 1.87 bits per heavy atom. The summed E-state index contributed by atoms with van der Waals surface area (Å²) in [6, 6.07) is 13.9.